The van der Waals surface area contributed by atoms with Gasteiger partial charge in [-0.1, -0.05) is 48.5 Å². The van der Waals surface area contributed by atoms with Gasteiger partial charge in [0.1, 0.15) is 5.92 Å². The Hall–Kier alpha value is -3.81. The van der Waals surface area contributed by atoms with Crippen LogP contribution in [0.1, 0.15) is 39.9 Å². The fourth-order valence-electron chi connectivity index (χ4n) is 4.23. The minimum Gasteiger partial charge on any atom is -0.462 e. The Morgan fingerprint density at radius 1 is 1.03 bits per heavy atom. The average molecular weight is 486 g/mol. The normalized spacial score (nSPS) is 15.1. The fourth-order valence-corrected chi connectivity index (χ4v) is 4.23. The summed E-state index contributed by atoms with van der Waals surface area (Å²) in [6.45, 7) is 4.39. The van der Waals surface area contributed by atoms with E-state index in [0.29, 0.717) is 23.6 Å². The van der Waals surface area contributed by atoms with Gasteiger partial charge >= 0.3 is 5.97 Å². The quantitative estimate of drug-likeness (QED) is 0.330. The summed E-state index contributed by atoms with van der Waals surface area (Å²) in [6, 6.07) is 22.9. The number of amides is 1. The Bertz CT molecular complexity index is 1240. The number of anilines is 1. The van der Waals surface area contributed by atoms with E-state index >= 15 is 0 Å². The molecule has 1 aliphatic heterocycles. The van der Waals surface area contributed by atoms with Crippen molar-refractivity contribution in [2.24, 2.45) is 4.99 Å². The van der Waals surface area contributed by atoms with Gasteiger partial charge in [0.25, 0.3) is 0 Å². The van der Waals surface area contributed by atoms with E-state index in [2.05, 4.69) is 29.4 Å². The number of nitrogens with one attached hydrogen (secondary N) is 1. The molecule has 4 rings (SSSR count). The van der Waals surface area contributed by atoms with Gasteiger partial charge in [0.15, 0.2) is 0 Å². The Morgan fingerprint density at radius 2 is 1.78 bits per heavy atom. The first kappa shape index (κ1) is 25.3. The second-order valence-electron chi connectivity index (χ2n) is 8.70. The first-order valence-corrected chi connectivity index (χ1v) is 12.0. The van der Waals surface area contributed by atoms with Crippen molar-refractivity contribution in [1.82, 2.24) is 4.90 Å². The molecule has 1 atom stereocenters. The third-order valence-electron chi connectivity index (χ3n) is 6.05. The van der Waals surface area contributed by atoms with Crippen LogP contribution in [0.3, 0.4) is 0 Å². The van der Waals surface area contributed by atoms with Crippen LogP contribution in [0.4, 0.5) is 11.4 Å². The van der Waals surface area contributed by atoms with E-state index < -0.39 is 11.9 Å². The van der Waals surface area contributed by atoms with Crippen LogP contribution in [-0.4, -0.2) is 56.4 Å². The lowest BCUT2D eigenvalue weighted by Crippen LogP contribution is -2.22. The molecule has 3 aromatic rings. The van der Waals surface area contributed by atoms with Crippen molar-refractivity contribution < 1.29 is 19.1 Å². The van der Waals surface area contributed by atoms with Crippen molar-refractivity contribution in [3.8, 4) is 0 Å². The first-order chi connectivity index (χ1) is 17.5. The summed E-state index contributed by atoms with van der Waals surface area (Å²) in [4.78, 5) is 32.5. The summed E-state index contributed by atoms with van der Waals surface area (Å²) in [7, 11) is 3.76. The lowest BCUT2D eigenvalue weighted by molar-refractivity contribution is -0.115. The number of esters is 1. The molecule has 0 aromatic heterocycles. The van der Waals surface area contributed by atoms with Crippen LogP contribution in [0.2, 0.25) is 0 Å². The van der Waals surface area contributed by atoms with Crippen molar-refractivity contribution in [3.05, 3.63) is 95.1 Å². The van der Waals surface area contributed by atoms with E-state index in [4.69, 9.17) is 14.5 Å². The average Bonchev–Trinajstić information content (AvgIpc) is 3.22. The number of rotatable bonds is 10. The molecule has 1 heterocycles. The van der Waals surface area contributed by atoms with E-state index in [9.17, 15) is 9.59 Å². The molecule has 0 spiro atoms. The molecular formula is C29H31N3O4. The zero-order chi connectivity index (χ0) is 25.5. The number of carbonyl (C=O) groups is 2. The summed E-state index contributed by atoms with van der Waals surface area (Å²) in [5.41, 5.74) is 5.25. The number of fused-ring (bicyclic) bond motifs is 1. The molecule has 1 N–H and O–H groups in total. The molecule has 7 heteroatoms. The minimum atomic E-state index is -0.599. The minimum absolute atomic E-state index is 0.176. The predicted molar refractivity (Wildman–Crippen MR) is 141 cm³/mol. The number of hydrogen-bond acceptors (Lipinski definition) is 6. The zero-order valence-corrected chi connectivity index (χ0v) is 20.9. The van der Waals surface area contributed by atoms with Crippen LogP contribution in [0.25, 0.3) is 0 Å². The fraction of sp³-hybridized carbons (Fsp3) is 0.276. The summed E-state index contributed by atoms with van der Waals surface area (Å²) in [6.07, 6.45) is 0. The third kappa shape index (κ3) is 5.87. The lowest BCUT2D eigenvalue weighted by Gasteiger charge is -2.16. The van der Waals surface area contributed by atoms with E-state index in [1.807, 2.05) is 48.5 Å². The number of carbonyl (C=O) groups excluding carboxylic acids is 2. The number of nitrogens with zero attached hydrogens (tertiary/aromatic N) is 2. The highest BCUT2D eigenvalue weighted by molar-refractivity contribution is 6.24. The Kier molecular flexibility index (Phi) is 8.25. The van der Waals surface area contributed by atoms with Crippen LogP contribution in [0.15, 0.2) is 77.8 Å². The first-order valence-electron chi connectivity index (χ1n) is 12.0. The molecule has 0 fully saturated rings. The Morgan fingerprint density at radius 3 is 2.47 bits per heavy atom. The predicted octanol–water partition coefficient (Wildman–Crippen LogP) is 4.80. The van der Waals surface area contributed by atoms with Crippen LogP contribution >= 0.6 is 0 Å². The molecule has 7 nitrogen and oxygen atoms in total. The molecule has 3 aromatic carbocycles. The number of methoxy groups -OCH3 is 1. The van der Waals surface area contributed by atoms with Gasteiger partial charge in [0, 0.05) is 25.9 Å². The second-order valence-corrected chi connectivity index (χ2v) is 8.70. The van der Waals surface area contributed by atoms with E-state index in [0.717, 1.165) is 29.9 Å². The van der Waals surface area contributed by atoms with E-state index in [1.54, 1.807) is 26.2 Å². The highest BCUT2D eigenvalue weighted by Gasteiger charge is 2.36. The summed E-state index contributed by atoms with van der Waals surface area (Å²) in [5, 5.41) is 2.93. The van der Waals surface area contributed by atoms with E-state index in [1.165, 1.54) is 5.56 Å². The second kappa shape index (κ2) is 11.7. The lowest BCUT2D eigenvalue weighted by atomic mass is 9.90. The molecule has 0 saturated heterocycles. The maximum Gasteiger partial charge on any atom is 0.338 e. The molecule has 0 aliphatic carbocycles. The highest BCUT2D eigenvalue weighted by atomic mass is 16.5. The molecule has 36 heavy (non-hydrogen) atoms. The van der Waals surface area contributed by atoms with Crippen LogP contribution in [-0.2, 0) is 20.8 Å². The standard InChI is InChI=1S/C29H31N3O4/c1-4-36-29(34)22-12-15-24-25(18-22)31-28(33)26(24)27(21-8-6-5-7-9-21)30-23-13-10-20(11-14-23)19-32(2)16-17-35-3/h5-15,18,26H,4,16-17,19H2,1-3H3,(H,31,33). The van der Waals surface area contributed by atoms with Crippen molar-refractivity contribution in [1.29, 1.82) is 0 Å². The van der Waals surface area contributed by atoms with Crippen molar-refractivity contribution in [2.45, 2.75) is 19.4 Å². The van der Waals surface area contributed by atoms with Crippen LogP contribution in [0.5, 0.6) is 0 Å². The highest BCUT2D eigenvalue weighted by Crippen LogP contribution is 2.37. The van der Waals surface area contributed by atoms with Crippen molar-refractivity contribution in [3.63, 3.8) is 0 Å². The number of ether oxygens (including phenoxy) is 2. The molecule has 186 valence electrons. The van der Waals surface area contributed by atoms with Gasteiger partial charge in [0.2, 0.25) is 5.91 Å². The summed E-state index contributed by atoms with van der Waals surface area (Å²) >= 11 is 0. The van der Waals surface area contributed by atoms with Crippen LogP contribution in [0, 0.1) is 0 Å². The molecule has 1 aliphatic rings. The van der Waals surface area contributed by atoms with Gasteiger partial charge in [-0.05, 0) is 54.9 Å². The maximum atomic E-state index is 13.2. The molecule has 0 saturated carbocycles. The topological polar surface area (TPSA) is 80.2 Å². The maximum absolute atomic E-state index is 13.2. The summed E-state index contributed by atoms with van der Waals surface area (Å²) in [5.74, 6) is -1.19. The number of aliphatic imine (C=N–C) groups is 1. The smallest absolute Gasteiger partial charge is 0.338 e. The van der Waals surface area contributed by atoms with Gasteiger partial charge in [-0.2, -0.15) is 0 Å². The molecule has 0 radical (unpaired) electrons. The van der Waals surface area contributed by atoms with E-state index in [-0.39, 0.29) is 12.5 Å². The summed E-state index contributed by atoms with van der Waals surface area (Å²) < 4.78 is 10.3. The van der Waals surface area contributed by atoms with Gasteiger partial charge in [-0.15, -0.1) is 0 Å². The number of hydrogen-bond donors (Lipinski definition) is 1. The zero-order valence-electron chi connectivity index (χ0n) is 20.9. The number of benzene rings is 3. The largest absolute Gasteiger partial charge is 0.462 e. The SMILES string of the molecule is CCOC(=O)c1ccc2c(c1)NC(=O)C2C(=Nc1ccc(CN(C)CCOC)cc1)c1ccccc1. The van der Waals surface area contributed by atoms with Crippen LogP contribution < -0.4 is 5.32 Å². The molecular weight excluding hydrogens is 454 g/mol. The molecule has 0 bridgehead atoms. The molecule has 1 unspecified atom stereocenters. The number of likely N-dealkylation sites (N-methyl/N-ethyl adjacent to an activating group) is 1. The Balaban J connectivity index is 1.66. The van der Waals surface area contributed by atoms with Gasteiger partial charge in [-0.25, -0.2) is 4.79 Å². The Labute approximate surface area is 211 Å². The van der Waals surface area contributed by atoms with Crippen molar-refractivity contribution >= 4 is 29.0 Å². The monoisotopic (exact) mass is 485 g/mol. The van der Waals surface area contributed by atoms with Gasteiger partial charge in [0.05, 0.1) is 30.2 Å². The van der Waals surface area contributed by atoms with Gasteiger partial charge in [-0.3, -0.25) is 14.7 Å². The third-order valence-corrected chi connectivity index (χ3v) is 6.05. The van der Waals surface area contributed by atoms with Gasteiger partial charge < -0.3 is 14.8 Å². The van der Waals surface area contributed by atoms with Crippen molar-refractivity contribution in [2.75, 3.05) is 39.2 Å². The molecule has 1 amide bonds.